The molecule has 6 heteroatoms. The minimum absolute atomic E-state index is 0.316. The highest BCUT2D eigenvalue weighted by atomic mass is 16.5. The summed E-state index contributed by atoms with van der Waals surface area (Å²) in [6.07, 6.45) is -0.0335. The monoisotopic (exact) mass is 185 g/mol. The summed E-state index contributed by atoms with van der Waals surface area (Å²) in [5.41, 5.74) is 8.16. The number of hydrogen-bond donors (Lipinski definition) is 1. The molecule has 0 aromatic heterocycles. The van der Waals surface area contributed by atoms with E-state index in [0.717, 1.165) is 0 Å². The molecule has 0 saturated heterocycles. The largest absolute Gasteiger partial charge is 0.469 e. The quantitative estimate of drug-likeness (QED) is 0.295. The Balaban J connectivity index is 2.59. The molecular weight excluding hydrogens is 174 g/mol. The third-order valence-corrected chi connectivity index (χ3v) is 2.23. The standard InChI is InChI=1S/C7H11N3O3/c1-13-7(12)4-2-5(9-10-8)6(11)3-4/h4-6,11H,2-3H2,1H3/t4-,5+,6+/m1/s1. The molecule has 13 heavy (non-hydrogen) atoms. The fourth-order valence-electron chi connectivity index (χ4n) is 1.54. The predicted molar refractivity (Wildman–Crippen MR) is 43.7 cm³/mol. The lowest BCUT2D eigenvalue weighted by Gasteiger charge is -2.04. The third-order valence-electron chi connectivity index (χ3n) is 2.23. The number of carbonyl (C=O) groups is 1. The molecule has 1 aliphatic rings. The van der Waals surface area contributed by atoms with Crippen LogP contribution in [0.25, 0.3) is 10.4 Å². The van der Waals surface area contributed by atoms with E-state index >= 15 is 0 Å². The van der Waals surface area contributed by atoms with Crippen LogP contribution in [0.3, 0.4) is 0 Å². The Morgan fingerprint density at radius 3 is 2.92 bits per heavy atom. The average molecular weight is 185 g/mol. The van der Waals surface area contributed by atoms with Crippen LogP contribution < -0.4 is 0 Å². The number of ether oxygens (including phenoxy) is 1. The Hall–Kier alpha value is -1.26. The van der Waals surface area contributed by atoms with Crippen molar-refractivity contribution in [1.29, 1.82) is 0 Å². The first-order chi connectivity index (χ1) is 6.19. The summed E-state index contributed by atoms with van der Waals surface area (Å²) < 4.78 is 4.52. The van der Waals surface area contributed by atoms with Crippen molar-refractivity contribution in [2.45, 2.75) is 25.0 Å². The first-order valence-corrected chi connectivity index (χ1v) is 3.99. The fraction of sp³-hybridized carbons (Fsp3) is 0.857. The van der Waals surface area contributed by atoms with E-state index in [9.17, 15) is 9.90 Å². The molecule has 0 aromatic carbocycles. The second-order valence-electron chi connectivity index (χ2n) is 3.03. The highest BCUT2D eigenvalue weighted by molar-refractivity contribution is 5.72. The van der Waals surface area contributed by atoms with Gasteiger partial charge in [-0.05, 0) is 18.4 Å². The van der Waals surface area contributed by atoms with Crippen LogP contribution in [0.5, 0.6) is 0 Å². The van der Waals surface area contributed by atoms with E-state index in [4.69, 9.17) is 5.53 Å². The maximum absolute atomic E-state index is 11.0. The molecule has 0 heterocycles. The Morgan fingerprint density at radius 1 is 1.69 bits per heavy atom. The summed E-state index contributed by atoms with van der Waals surface area (Å²) in [5.74, 6) is -0.690. The topological polar surface area (TPSA) is 95.3 Å². The maximum atomic E-state index is 11.0. The normalized spacial score (nSPS) is 32.3. The molecule has 0 amide bonds. The minimum Gasteiger partial charge on any atom is -0.469 e. The highest BCUT2D eigenvalue weighted by Crippen LogP contribution is 2.29. The van der Waals surface area contributed by atoms with E-state index in [1.54, 1.807) is 0 Å². The number of esters is 1. The van der Waals surface area contributed by atoms with Crippen LogP contribution in [0.1, 0.15) is 12.8 Å². The molecule has 1 fully saturated rings. The van der Waals surface area contributed by atoms with E-state index in [1.807, 2.05) is 0 Å². The molecule has 0 radical (unpaired) electrons. The van der Waals surface area contributed by atoms with Crippen LogP contribution in [-0.2, 0) is 9.53 Å². The molecular formula is C7H11N3O3. The zero-order valence-electron chi connectivity index (χ0n) is 7.25. The second kappa shape index (κ2) is 4.11. The molecule has 3 atom stereocenters. The van der Waals surface area contributed by atoms with Gasteiger partial charge in [-0.15, -0.1) is 0 Å². The van der Waals surface area contributed by atoms with Gasteiger partial charge in [0.05, 0.1) is 25.2 Å². The van der Waals surface area contributed by atoms with Gasteiger partial charge in [0, 0.05) is 4.91 Å². The number of rotatable bonds is 2. The van der Waals surface area contributed by atoms with Crippen molar-refractivity contribution in [1.82, 2.24) is 0 Å². The Bertz CT molecular complexity index is 249. The zero-order chi connectivity index (χ0) is 9.84. The van der Waals surface area contributed by atoms with E-state index in [2.05, 4.69) is 14.8 Å². The van der Waals surface area contributed by atoms with Gasteiger partial charge in [-0.3, -0.25) is 4.79 Å². The summed E-state index contributed by atoms with van der Waals surface area (Å²) in [6, 6.07) is -0.492. The van der Waals surface area contributed by atoms with Crippen LogP contribution in [0.2, 0.25) is 0 Å². The van der Waals surface area contributed by atoms with Crippen LogP contribution in [0.15, 0.2) is 5.11 Å². The Kier molecular flexibility index (Phi) is 3.11. The van der Waals surface area contributed by atoms with Crippen molar-refractivity contribution in [3.63, 3.8) is 0 Å². The summed E-state index contributed by atoms with van der Waals surface area (Å²) >= 11 is 0. The molecule has 0 spiro atoms. The number of azide groups is 1. The first kappa shape index (κ1) is 9.83. The number of aliphatic hydroxyl groups is 1. The van der Waals surface area contributed by atoms with Gasteiger partial charge in [0.25, 0.3) is 0 Å². The fourth-order valence-corrected chi connectivity index (χ4v) is 1.54. The lowest BCUT2D eigenvalue weighted by molar-refractivity contribution is -0.145. The molecule has 0 bridgehead atoms. The highest BCUT2D eigenvalue weighted by Gasteiger charge is 2.36. The SMILES string of the molecule is COC(=O)[C@@H]1C[C@H](N=[N+]=[N-])[C@@H](O)C1. The predicted octanol–water partition coefficient (Wildman–Crippen LogP) is 0.609. The summed E-state index contributed by atoms with van der Waals surface area (Å²) in [4.78, 5) is 13.6. The van der Waals surface area contributed by atoms with Crippen molar-refractivity contribution in [2.24, 2.45) is 11.0 Å². The van der Waals surface area contributed by atoms with E-state index < -0.39 is 12.1 Å². The van der Waals surface area contributed by atoms with Gasteiger partial charge < -0.3 is 9.84 Å². The van der Waals surface area contributed by atoms with Crippen molar-refractivity contribution in [2.75, 3.05) is 7.11 Å². The number of methoxy groups -OCH3 is 1. The van der Waals surface area contributed by atoms with Crippen LogP contribution >= 0.6 is 0 Å². The Labute approximate surface area is 75.1 Å². The smallest absolute Gasteiger partial charge is 0.308 e. The maximum Gasteiger partial charge on any atom is 0.308 e. The summed E-state index contributed by atoms with van der Waals surface area (Å²) in [6.45, 7) is 0. The van der Waals surface area contributed by atoms with E-state index in [1.165, 1.54) is 7.11 Å². The molecule has 0 aromatic rings. The van der Waals surface area contributed by atoms with Crippen molar-refractivity contribution in [3.05, 3.63) is 10.4 Å². The average Bonchev–Trinajstić information content (AvgIpc) is 2.47. The lowest BCUT2D eigenvalue weighted by Crippen LogP contribution is -2.15. The van der Waals surface area contributed by atoms with Crippen LogP contribution in [-0.4, -0.2) is 30.3 Å². The van der Waals surface area contributed by atoms with Gasteiger partial charge in [-0.25, -0.2) is 0 Å². The van der Waals surface area contributed by atoms with E-state index in [0.29, 0.717) is 12.8 Å². The van der Waals surface area contributed by atoms with Gasteiger partial charge in [-0.2, -0.15) is 0 Å². The first-order valence-electron chi connectivity index (χ1n) is 3.99. The molecule has 1 saturated carbocycles. The van der Waals surface area contributed by atoms with Crippen molar-refractivity contribution < 1.29 is 14.6 Å². The molecule has 1 rings (SSSR count). The lowest BCUT2D eigenvalue weighted by atomic mass is 10.1. The van der Waals surface area contributed by atoms with Gasteiger partial charge in [0.1, 0.15) is 0 Å². The Morgan fingerprint density at radius 2 is 2.38 bits per heavy atom. The van der Waals surface area contributed by atoms with E-state index in [-0.39, 0.29) is 11.9 Å². The minimum atomic E-state index is -0.722. The van der Waals surface area contributed by atoms with Crippen LogP contribution in [0, 0.1) is 5.92 Å². The van der Waals surface area contributed by atoms with Gasteiger partial charge >= 0.3 is 5.97 Å². The number of carbonyl (C=O) groups excluding carboxylic acids is 1. The number of hydrogen-bond acceptors (Lipinski definition) is 4. The van der Waals surface area contributed by atoms with Gasteiger partial charge in [0.15, 0.2) is 0 Å². The van der Waals surface area contributed by atoms with Gasteiger partial charge in [0.2, 0.25) is 0 Å². The van der Waals surface area contributed by atoms with Crippen molar-refractivity contribution in [3.8, 4) is 0 Å². The zero-order valence-corrected chi connectivity index (χ0v) is 7.25. The molecule has 6 nitrogen and oxygen atoms in total. The summed E-state index contributed by atoms with van der Waals surface area (Å²) in [5, 5.41) is 12.8. The van der Waals surface area contributed by atoms with Crippen LogP contribution in [0.4, 0.5) is 0 Å². The van der Waals surface area contributed by atoms with Crippen molar-refractivity contribution >= 4 is 5.97 Å². The molecule has 1 aliphatic carbocycles. The molecule has 1 N–H and O–H groups in total. The molecule has 72 valence electrons. The summed E-state index contributed by atoms with van der Waals surface area (Å²) in [7, 11) is 1.30. The molecule has 0 unspecified atom stereocenters. The second-order valence-corrected chi connectivity index (χ2v) is 3.03. The molecule has 0 aliphatic heterocycles. The van der Waals surface area contributed by atoms with Gasteiger partial charge in [-0.1, -0.05) is 5.11 Å². The number of aliphatic hydroxyl groups excluding tert-OH is 1. The number of nitrogens with zero attached hydrogens (tertiary/aromatic N) is 3. The third kappa shape index (κ3) is 2.11.